The van der Waals surface area contributed by atoms with E-state index in [-0.39, 0.29) is 6.09 Å². The SMILES string of the molecule is [CH2]CCCCNC(=O)OCc1ccccc1. The highest BCUT2D eigenvalue weighted by Gasteiger charge is 2.00. The third kappa shape index (κ3) is 5.39. The molecule has 1 rings (SSSR count). The second kappa shape index (κ2) is 7.74. The van der Waals surface area contributed by atoms with Crippen LogP contribution in [0.25, 0.3) is 0 Å². The summed E-state index contributed by atoms with van der Waals surface area (Å²) in [6.45, 7) is 4.71. The molecule has 1 N–H and O–H groups in total. The Morgan fingerprint density at radius 1 is 1.25 bits per heavy atom. The second-order valence-electron chi connectivity index (χ2n) is 3.55. The van der Waals surface area contributed by atoms with Crippen molar-refractivity contribution in [2.24, 2.45) is 0 Å². The van der Waals surface area contributed by atoms with Crippen molar-refractivity contribution in [1.82, 2.24) is 5.32 Å². The molecule has 0 aliphatic heterocycles. The van der Waals surface area contributed by atoms with E-state index in [1.807, 2.05) is 30.3 Å². The quantitative estimate of drug-likeness (QED) is 0.748. The molecule has 1 aromatic rings. The van der Waals surface area contributed by atoms with Crippen molar-refractivity contribution in [1.29, 1.82) is 0 Å². The number of benzene rings is 1. The fourth-order valence-corrected chi connectivity index (χ4v) is 1.27. The summed E-state index contributed by atoms with van der Waals surface area (Å²) >= 11 is 0. The van der Waals surface area contributed by atoms with Gasteiger partial charge in [-0.15, -0.1) is 0 Å². The molecule has 0 unspecified atom stereocenters. The third-order valence-electron chi connectivity index (χ3n) is 2.16. The summed E-state index contributed by atoms with van der Waals surface area (Å²) in [5.41, 5.74) is 0.996. The Balaban J connectivity index is 2.11. The first-order chi connectivity index (χ1) is 7.83. The summed E-state index contributed by atoms with van der Waals surface area (Å²) in [4.78, 5) is 11.2. The molecule has 3 heteroatoms. The number of amides is 1. The molecule has 0 spiro atoms. The van der Waals surface area contributed by atoms with Gasteiger partial charge in [-0.1, -0.05) is 50.1 Å². The van der Waals surface area contributed by atoms with Gasteiger partial charge in [0.1, 0.15) is 6.61 Å². The van der Waals surface area contributed by atoms with Gasteiger partial charge in [-0.05, 0) is 12.0 Å². The Bertz CT molecular complexity index is 298. The minimum absolute atomic E-state index is 0.321. The zero-order chi connectivity index (χ0) is 11.6. The lowest BCUT2D eigenvalue weighted by molar-refractivity contribution is 0.139. The van der Waals surface area contributed by atoms with Crippen molar-refractivity contribution in [2.45, 2.75) is 25.9 Å². The Kier molecular flexibility index (Phi) is 6.07. The number of carbonyl (C=O) groups is 1. The maximum atomic E-state index is 11.2. The van der Waals surface area contributed by atoms with Crippen molar-refractivity contribution < 1.29 is 9.53 Å². The fraction of sp³-hybridized carbons (Fsp3) is 0.385. The first-order valence-corrected chi connectivity index (χ1v) is 5.56. The highest BCUT2D eigenvalue weighted by molar-refractivity contribution is 5.67. The number of unbranched alkanes of at least 4 members (excludes halogenated alkanes) is 2. The van der Waals surface area contributed by atoms with E-state index in [4.69, 9.17) is 4.74 Å². The molecule has 0 aliphatic carbocycles. The van der Waals surface area contributed by atoms with Gasteiger partial charge in [-0.3, -0.25) is 0 Å². The summed E-state index contributed by atoms with van der Waals surface area (Å²) in [5, 5.41) is 2.70. The minimum Gasteiger partial charge on any atom is -0.445 e. The van der Waals surface area contributed by atoms with Crippen LogP contribution in [0.15, 0.2) is 30.3 Å². The molecule has 87 valence electrons. The molecule has 3 nitrogen and oxygen atoms in total. The van der Waals surface area contributed by atoms with E-state index in [0.717, 1.165) is 24.8 Å². The van der Waals surface area contributed by atoms with E-state index in [1.54, 1.807) is 0 Å². The maximum Gasteiger partial charge on any atom is 0.407 e. The number of hydrogen-bond donors (Lipinski definition) is 1. The van der Waals surface area contributed by atoms with Crippen molar-refractivity contribution in [3.05, 3.63) is 42.8 Å². The van der Waals surface area contributed by atoms with Crippen molar-refractivity contribution in [3.8, 4) is 0 Å². The lowest BCUT2D eigenvalue weighted by Gasteiger charge is -2.06. The molecule has 1 radical (unpaired) electrons. The number of rotatable bonds is 6. The fourth-order valence-electron chi connectivity index (χ4n) is 1.27. The van der Waals surface area contributed by atoms with Crippen LogP contribution in [-0.4, -0.2) is 12.6 Å². The molecule has 1 aromatic carbocycles. The second-order valence-corrected chi connectivity index (χ2v) is 3.55. The van der Waals surface area contributed by atoms with Gasteiger partial charge in [0.15, 0.2) is 0 Å². The highest BCUT2D eigenvalue weighted by atomic mass is 16.5. The van der Waals surface area contributed by atoms with Crippen LogP contribution in [-0.2, 0) is 11.3 Å². The van der Waals surface area contributed by atoms with Gasteiger partial charge < -0.3 is 10.1 Å². The molecule has 1 amide bonds. The number of alkyl carbamates (subject to hydrolysis) is 1. The molecule has 0 aromatic heterocycles. The Labute approximate surface area is 96.8 Å². The van der Waals surface area contributed by atoms with Gasteiger partial charge in [0.25, 0.3) is 0 Å². The molecule has 0 atom stereocenters. The van der Waals surface area contributed by atoms with Crippen molar-refractivity contribution in [2.75, 3.05) is 6.54 Å². The average molecular weight is 220 g/mol. The first kappa shape index (κ1) is 12.6. The standard InChI is InChI=1S/C13H18NO2/c1-2-3-7-10-14-13(15)16-11-12-8-5-4-6-9-12/h4-6,8-9H,1-3,7,10-11H2,(H,14,15). The monoisotopic (exact) mass is 220 g/mol. The van der Waals surface area contributed by atoms with E-state index in [1.165, 1.54) is 0 Å². The topological polar surface area (TPSA) is 38.3 Å². The predicted molar refractivity (Wildman–Crippen MR) is 63.8 cm³/mol. The van der Waals surface area contributed by atoms with Gasteiger partial charge in [0.2, 0.25) is 0 Å². The van der Waals surface area contributed by atoms with E-state index < -0.39 is 0 Å². The lowest BCUT2D eigenvalue weighted by atomic mass is 10.2. The normalized spacial score (nSPS) is 9.81. The number of ether oxygens (including phenoxy) is 1. The maximum absolute atomic E-state index is 11.2. The van der Waals surface area contributed by atoms with Crippen LogP contribution in [0.1, 0.15) is 24.8 Å². The molecule has 0 saturated heterocycles. The van der Waals surface area contributed by atoms with Crippen LogP contribution in [0.2, 0.25) is 0 Å². The summed E-state index contributed by atoms with van der Waals surface area (Å²) in [7, 11) is 0. The van der Waals surface area contributed by atoms with Crippen LogP contribution < -0.4 is 5.32 Å². The molecule has 0 saturated carbocycles. The molecular weight excluding hydrogens is 202 g/mol. The average Bonchev–Trinajstić information content (AvgIpc) is 2.33. The molecule has 0 fully saturated rings. The van der Waals surface area contributed by atoms with Gasteiger partial charge in [-0.25, -0.2) is 4.79 Å². The number of carbonyl (C=O) groups excluding carboxylic acids is 1. The van der Waals surface area contributed by atoms with E-state index in [2.05, 4.69) is 12.2 Å². The Hall–Kier alpha value is -1.51. The summed E-state index contributed by atoms with van der Waals surface area (Å²) in [5.74, 6) is 0. The van der Waals surface area contributed by atoms with E-state index in [9.17, 15) is 4.79 Å². The molecule has 16 heavy (non-hydrogen) atoms. The third-order valence-corrected chi connectivity index (χ3v) is 2.16. The first-order valence-electron chi connectivity index (χ1n) is 5.56. The van der Waals surface area contributed by atoms with Crippen LogP contribution in [0.5, 0.6) is 0 Å². The van der Waals surface area contributed by atoms with Gasteiger partial charge in [0.05, 0.1) is 0 Å². The van der Waals surface area contributed by atoms with Crippen LogP contribution in [0, 0.1) is 6.92 Å². The van der Waals surface area contributed by atoms with Crippen molar-refractivity contribution >= 4 is 6.09 Å². The molecular formula is C13H18NO2. The lowest BCUT2D eigenvalue weighted by Crippen LogP contribution is -2.25. The minimum atomic E-state index is -0.354. The Morgan fingerprint density at radius 3 is 2.69 bits per heavy atom. The zero-order valence-electron chi connectivity index (χ0n) is 9.45. The number of hydrogen-bond acceptors (Lipinski definition) is 2. The van der Waals surface area contributed by atoms with Crippen LogP contribution in [0.3, 0.4) is 0 Å². The molecule has 0 heterocycles. The van der Waals surface area contributed by atoms with E-state index >= 15 is 0 Å². The Morgan fingerprint density at radius 2 is 2.00 bits per heavy atom. The smallest absolute Gasteiger partial charge is 0.407 e. The van der Waals surface area contributed by atoms with Crippen LogP contribution in [0.4, 0.5) is 4.79 Å². The molecule has 0 bridgehead atoms. The predicted octanol–water partition coefficient (Wildman–Crippen LogP) is 2.92. The van der Waals surface area contributed by atoms with Crippen LogP contribution >= 0.6 is 0 Å². The summed E-state index contributed by atoms with van der Waals surface area (Å²) in [6, 6.07) is 9.63. The van der Waals surface area contributed by atoms with Gasteiger partial charge in [0, 0.05) is 6.54 Å². The molecule has 0 aliphatic rings. The number of nitrogens with one attached hydrogen (secondary N) is 1. The van der Waals surface area contributed by atoms with Gasteiger partial charge in [-0.2, -0.15) is 0 Å². The largest absolute Gasteiger partial charge is 0.445 e. The van der Waals surface area contributed by atoms with Crippen molar-refractivity contribution in [3.63, 3.8) is 0 Å². The highest BCUT2D eigenvalue weighted by Crippen LogP contribution is 2.00. The zero-order valence-corrected chi connectivity index (χ0v) is 9.45. The van der Waals surface area contributed by atoms with E-state index in [0.29, 0.717) is 13.2 Å². The summed E-state index contributed by atoms with van der Waals surface area (Å²) < 4.78 is 5.04. The summed E-state index contributed by atoms with van der Waals surface area (Å²) in [6.07, 6.45) is 2.52. The van der Waals surface area contributed by atoms with Gasteiger partial charge >= 0.3 is 6.09 Å².